The zero-order chi connectivity index (χ0) is 26.0. The van der Waals surface area contributed by atoms with E-state index >= 15 is 0 Å². The maximum absolute atomic E-state index is 13.1. The lowest BCUT2D eigenvalue weighted by atomic mass is 9.82. The molecule has 2 saturated carbocycles. The number of nitrogens with one attached hydrogen (secondary N) is 1. The molecule has 1 amide bonds. The zero-order valence-electron chi connectivity index (χ0n) is 22.1. The SMILES string of the molecule is CN(C(=O)CC[C@H](NCc1cc(Oc2ccccc2)ccc1[N+](=O)[O-])C1CCCCC1)C1CCCCC1. The highest BCUT2D eigenvalue weighted by Crippen LogP contribution is 2.31. The van der Waals surface area contributed by atoms with E-state index in [-0.39, 0.29) is 22.6 Å². The molecule has 0 heterocycles. The van der Waals surface area contributed by atoms with Gasteiger partial charge in [0.15, 0.2) is 0 Å². The lowest BCUT2D eigenvalue weighted by molar-refractivity contribution is -0.385. The van der Waals surface area contributed by atoms with Crippen LogP contribution in [0.2, 0.25) is 0 Å². The Balaban J connectivity index is 1.43. The van der Waals surface area contributed by atoms with Gasteiger partial charge in [0, 0.05) is 43.7 Å². The third kappa shape index (κ3) is 7.78. The summed E-state index contributed by atoms with van der Waals surface area (Å²) in [5.74, 6) is 1.98. The van der Waals surface area contributed by atoms with E-state index in [2.05, 4.69) is 5.32 Å². The van der Waals surface area contributed by atoms with E-state index in [4.69, 9.17) is 4.74 Å². The maximum atomic E-state index is 13.1. The first kappa shape index (κ1) is 27.1. The van der Waals surface area contributed by atoms with E-state index in [0.717, 1.165) is 32.1 Å². The van der Waals surface area contributed by atoms with Crippen LogP contribution < -0.4 is 10.1 Å². The molecule has 0 unspecified atom stereocenters. The molecule has 4 rings (SSSR count). The second-order valence-corrected chi connectivity index (χ2v) is 10.7. The second kappa shape index (κ2) is 13.6. The summed E-state index contributed by atoms with van der Waals surface area (Å²) >= 11 is 0. The predicted octanol–water partition coefficient (Wildman–Crippen LogP) is 7.00. The van der Waals surface area contributed by atoms with Crippen LogP contribution >= 0.6 is 0 Å². The highest BCUT2D eigenvalue weighted by atomic mass is 16.6. The first-order chi connectivity index (χ1) is 18.0. The molecule has 1 N–H and O–H groups in total. The van der Waals surface area contributed by atoms with Crippen molar-refractivity contribution < 1.29 is 14.5 Å². The van der Waals surface area contributed by atoms with Crippen LogP contribution in [0.3, 0.4) is 0 Å². The van der Waals surface area contributed by atoms with Crippen molar-refractivity contribution >= 4 is 11.6 Å². The van der Waals surface area contributed by atoms with Crippen molar-refractivity contribution in [1.82, 2.24) is 10.2 Å². The molecule has 0 aliphatic heterocycles. The molecule has 0 spiro atoms. The molecule has 7 heteroatoms. The van der Waals surface area contributed by atoms with Gasteiger partial charge in [-0.3, -0.25) is 14.9 Å². The molecule has 0 saturated heterocycles. The van der Waals surface area contributed by atoms with Crippen molar-refractivity contribution in [2.24, 2.45) is 5.92 Å². The van der Waals surface area contributed by atoms with Crippen molar-refractivity contribution in [3.8, 4) is 11.5 Å². The molecule has 7 nitrogen and oxygen atoms in total. The third-order valence-electron chi connectivity index (χ3n) is 8.19. The molecule has 2 aliphatic rings. The van der Waals surface area contributed by atoms with Gasteiger partial charge in [-0.05, 0) is 62.3 Å². The summed E-state index contributed by atoms with van der Waals surface area (Å²) < 4.78 is 5.94. The van der Waals surface area contributed by atoms with Crippen LogP contribution in [0.1, 0.15) is 82.6 Å². The fourth-order valence-corrected chi connectivity index (χ4v) is 5.98. The number of carbonyl (C=O) groups is 1. The normalized spacial score (nSPS) is 17.8. The van der Waals surface area contributed by atoms with Crippen molar-refractivity contribution in [3.63, 3.8) is 0 Å². The summed E-state index contributed by atoms with van der Waals surface area (Å²) in [6.45, 7) is 0.371. The summed E-state index contributed by atoms with van der Waals surface area (Å²) in [6, 6.07) is 14.9. The fraction of sp³-hybridized carbons (Fsp3) is 0.567. The van der Waals surface area contributed by atoms with Crippen LogP contribution in [0.25, 0.3) is 0 Å². The van der Waals surface area contributed by atoms with Crippen LogP contribution in [-0.2, 0) is 11.3 Å². The van der Waals surface area contributed by atoms with Crippen LogP contribution in [0.5, 0.6) is 11.5 Å². The topological polar surface area (TPSA) is 84.7 Å². The molecular formula is C30H41N3O4. The van der Waals surface area contributed by atoms with E-state index in [1.807, 2.05) is 42.3 Å². The van der Waals surface area contributed by atoms with Crippen LogP contribution in [0.15, 0.2) is 48.5 Å². The molecule has 0 radical (unpaired) electrons. The molecule has 2 aliphatic carbocycles. The Hall–Kier alpha value is -2.93. The number of carbonyl (C=O) groups excluding carboxylic acids is 1. The number of hydrogen-bond donors (Lipinski definition) is 1. The predicted molar refractivity (Wildman–Crippen MR) is 146 cm³/mol. The molecular weight excluding hydrogens is 466 g/mol. The summed E-state index contributed by atoms with van der Waals surface area (Å²) in [7, 11) is 1.96. The van der Waals surface area contributed by atoms with E-state index in [1.54, 1.807) is 12.1 Å². The highest BCUT2D eigenvalue weighted by molar-refractivity contribution is 5.76. The monoisotopic (exact) mass is 507 g/mol. The van der Waals surface area contributed by atoms with Gasteiger partial charge in [0.2, 0.25) is 5.91 Å². The Morgan fingerprint density at radius 1 is 1.00 bits per heavy atom. The number of nitrogens with zero attached hydrogens (tertiary/aromatic N) is 2. The molecule has 2 fully saturated rings. The molecule has 2 aromatic carbocycles. The van der Waals surface area contributed by atoms with Crippen molar-refractivity contribution in [3.05, 3.63) is 64.2 Å². The van der Waals surface area contributed by atoms with Gasteiger partial charge in [0.1, 0.15) is 11.5 Å². The molecule has 2 aromatic rings. The minimum Gasteiger partial charge on any atom is -0.457 e. The lowest BCUT2D eigenvalue weighted by Crippen LogP contribution is -2.41. The Morgan fingerprint density at radius 3 is 2.35 bits per heavy atom. The number of hydrogen-bond acceptors (Lipinski definition) is 5. The smallest absolute Gasteiger partial charge is 0.274 e. The Morgan fingerprint density at radius 2 is 1.68 bits per heavy atom. The van der Waals surface area contributed by atoms with E-state index in [1.165, 1.54) is 44.6 Å². The average molecular weight is 508 g/mol. The van der Waals surface area contributed by atoms with Crippen LogP contribution in [0.4, 0.5) is 5.69 Å². The van der Waals surface area contributed by atoms with Gasteiger partial charge in [-0.15, -0.1) is 0 Å². The Kier molecular flexibility index (Phi) is 9.94. The summed E-state index contributed by atoms with van der Waals surface area (Å²) in [5, 5.41) is 15.4. The van der Waals surface area contributed by atoms with Crippen LogP contribution in [0, 0.1) is 16.0 Å². The van der Waals surface area contributed by atoms with E-state index < -0.39 is 0 Å². The van der Waals surface area contributed by atoms with E-state index in [0.29, 0.717) is 42.0 Å². The lowest BCUT2D eigenvalue weighted by Gasteiger charge is -2.33. The second-order valence-electron chi connectivity index (χ2n) is 10.7. The van der Waals surface area contributed by atoms with Gasteiger partial charge in [0.05, 0.1) is 4.92 Å². The molecule has 37 heavy (non-hydrogen) atoms. The number of benzene rings is 2. The first-order valence-electron chi connectivity index (χ1n) is 14.0. The van der Waals surface area contributed by atoms with Gasteiger partial charge in [-0.25, -0.2) is 0 Å². The van der Waals surface area contributed by atoms with E-state index in [9.17, 15) is 14.9 Å². The quantitative estimate of drug-likeness (QED) is 0.261. The molecule has 0 aromatic heterocycles. The number of nitro groups is 1. The van der Waals surface area contributed by atoms with Crippen molar-refractivity contribution in [2.45, 2.75) is 95.7 Å². The minimum atomic E-state index is -0.332. The minimum absolute atomic E-state index is 0.0865. The maximum Gasteiger partial charge on any atom is 0.274 e. The fourth-order valence-electron chi connectivity index (χ4n) is 5.98. The molecule has 200 valence electrons. The number of rotatable bonds is 11. The first-order valence-corrected chi connectivity index (χ1v) is 14.0. The van der Waals surface area contributed by atoms with Gasteiger partial charge in [-0.1, -0.05) is 56.7 Å². The molecule has 1 atom stereocenters. The average Bonchev–Trinajstić information content (AvgIpc) is 2.94. The number of nitro benzene ring substituents is 1. The van der Waals surface area contributed by atoms with Gasteiger partial charge < -0.3 is 15.0 Å². The number of amides is 1. The Labute approximate surface area is 220 Å². The van der Waals surface area contributed by atoms with Crippen molar-refractivity contribution in [2.75, 3.05) is 7.05 Å². The van der Waals surface area contributed by atoms with Gasteiger partial charge >= 0.3 is 0 Å². The van der Waals surface area contributed by atoms with Crippen molar-refractivity contribution in [1.29, 1.82) is 0 Å². The third-order valence-corrected chi connectivity index (χ3v) is 8.19. The zero-order valence-corrected chi connectivity index (χ0v) is 22.1. The van der Waals surface area contributed by atoms with Crippen LogP contribution in [-0.4, -0.2) is 34.9 Å². The van der Waals surface area contributed by atoms with Gasteiger partial charge in [0.25, 0.3) is 5.69 Å². The largest absolute Gasteiger partial charge is 0.457 e. The summed E-state index contributed by atoms with van der Waals surface area (Å²) in [5.41, 5.74) is 0.688. The number of para-hydroxylation sites is 1. The summed E-state index contributed by atoms with van der Waals surface area (Å²) in [4.78, 5) is 26.5. The van der Waals surface area contributed by atoms with Gasteiger partial charge in [-0.2, -0.15) is 0 Å². The standard InChI is InChI=1S/C30H41N3O4/c1-32(25-13-7-3-8-14-25)30(34)20-18-28(23-11-5-2-6-12-23)31-22-24-21-27(17-19-29(24)33(35)36)37-26-15-9-4-10-16-26/h4,9-10,15-17,19,21,23,25,28,31H,2-3,5-8,11-14,18,20,22H2,1H3/t28-/m0/s1. The summed E-state index contributed by atoms with van der Waals surface area (Å²) in [6.07, 6.45) is 13.1. The number of ether oxygens (including phenoxy) is 1. The highest BCUT2D eigenvalue weighted by Gasteiger charge is 2.27. The molecule has 0 bridgehead atoms. The Bertz CT molecular complexity index is 1020.